The zero-order valence-corrected chi connectivity index (χ0v) is 16.6. The molecule has 1 N–H and O–H groups in total. The minimum Gasteiger partial charge on any atom is -0.325 e. The number of hydrogen-bond acceptors (Lipinski definition) is 3. The smallest absolute Gasteiger partial charge is 0.282 e. The molecular formula is C19H22ClN3O3S. The van der Waals surface area contributed by atoms with Gasteiger partial charge < -0.3 is 5.32 Å². The van der Waals surface area contributed by atoms with Crippen LogP contribution in [0.2, 0.25) is 5.02 Å². The number of amides is 1. The van der Waals surface area contributed by atoms with E-state index in [1.807, 2.05) is 25.1 Å². The standard InChI is InChI=1S/C19H22ClN3O3S/c1-15-7-9-17(10-8-15)21-19(24)14-23-12-4-11-22(27(23,25)26)13-16-5-2-3-6-18(16)20/h2-3,5-10H,4,11-14H2,1H3,(H,21,24). The number of aryl methyl sites for hydroxylation is 1. The zero-order chi connectivity index (χ0) is 19.4. The van der Waals surface area contributed by atoms with E-state index in [0.29, 0.717) is 30.2 Å². The third kappa shape index (κ3) is 4.87. The summed E-state index contributed by atoms with van der Waals surface area (Å²) < 4.78 is 28.4. The topological polar surface area (TPSA) is 69.7 Å². The second-order valence-electron chi connectivity index (χ2n) is 6.53. The van der Waals surface area contributed by atoms with Gasteiger partial charge in [0, 0.05) is 30.3 Å². The molecule has 27 heavy (non-hydrogen) atoms. The largest absolute Gasteiger partial charge is 0.325 e. The Bertz CT molecular complexity index is 916. The van der Waals surface area contributed by atoms with Crippen LogP contribution in [0.15, 0.2) is 48.5 Å². The lowest BCUT2D eigenvalue weighted by Crippen LogP contribution is -2.51. The first kappa shape index (κ1) is 19.8. The van der Waals surface area contributed by atoms with Gasteiger partial charge in [0.05, 0.1) is 6.54 Å². The minimum absolute atomic E-state index is 0.193. The van der Waals surface area contributed by atoms with E-state index in [1.165, 1.54) is 8.61 Å². The first-order valence-electron chi connectivity index (χ1n) is 8.71. The van der Waals surface area contributed by atoms with Crippen molar-refractivity contribution in [2.24, 2.45) is 0 Å². The third-order valence-corrected chi connectivity index (χ3v) is 6.72. The fourth-order valence-corrected chi connectivity index (χ4v) is 4.78. The van der Waals surface area contributed by atoms with Crippen LogP contribution in [0.3, 0.4) is 0 Å². The molecule has 1 fully saturated rings. The summed E-state index contributed by atoms with van der Waals surface area (Å²) in [5.41, 5.74) is 2.48. The van der Waals surface area contributed by atoms with Gasteiger partial charge in [0.15, 0.2) is 0 Å². The third-order valence-electron chi connectivity index (χ3n) is 4.43. The maximum atomic E-state index is 12.9. The van der Waals surface area contributed by atoms with Crippen molar-refractivity contribution in [1.29, 1.82) is 0 Å². The Morgan fingerprint density at radius 3 is 2.44 bits per heavy atom. The maximum Gasteiger partial charge on any atom is 0.282 e. The van der Waals surface area contributed by atoms with Crippen LogP contribution in [0, 0.1) is 6.92 Å². The lowest BCUT2D eigenvalue weighted by Gasteiger charge is -2.34. The number of benzene rings is 2. The van der Waals surface area contributed by atoms with Crippen LogP contribution < -0.4 is 5.32 Å². The van der Waals surface area contributed by atoms with Gasteiger partial charge in [-0.25, -0.2) is 0 Å². The van der Waals surface area contributed by atoms with Crippen molar-refractivity contribution in [2.75, 3.05) is 25.0 Å². The molecule has 1 heterocycles. The summed E-state index contributed by atoms with van der Waals surface area (Å²) in [5, 5.41) is 3.27. The van der Waals surface area contributed by atoms with E-state index in [4.69, 9.17) is 11.6 Å². The van der Waals surface area contributed by atoms with Crippen molar-refractivity contribution >= 4 is 33.4 Å². The average Bonchev–Trinajstić information content (AvgIpc) is 2.62. The second kappa shape index (κ2) is 8.39. The van der Waals surface area contributed by atoms with E-state index in [0.717, 1.165) is 11.1 Å². The summed E-state index contributed by atoms with van der Waals surface area (Å²) in [6.07, 6.45) is 0.654. The lowest BCUT2D eigenvalue weighted by molar-refractivity contribution is -0.116. The highest BCUT2D eigenvalue weighted by Crippen LogP contribution is 2.23. The summed E-state index contributed by atoms with van der Waals surface area (Å²) in [6, 6.07) is 14.5. The van der Waals surface area contributed by atoms with Crippen molar-refractivity contribution in [3.05, 3.63) is 64.7 Å². The molecule has 0 aliphatic carbocycles. The van der Waals surface area contributed by atoms with E-state index in [1.54, 1.807) is 30.3 Å². The van der Waals surface area contributed by atoms with Crippen LogP contribution in [0.4, 0.5) is 5.69 Å². The summed E-state index contributed by atoms with van der Waals surface area (Å²) >= 11 is 6.16. The van der Waals surface area contributed by atoms with Crippen LogP contribution in [0.1, 0.15) is 17.5 Å². The Kier molecular flexibility index (Phi) is 6.16. The highest BCUT2D eigenvalue weighted by Gasteiger charge is 2.34. The number of carbonyl (C=O) groups is 1. The molecule has 0 bridgehead atoms. The van der Waals surface area contributed by atoms with Crippen LogP contribution >= 0.6 is 11.6 Å². The summed E-state index contributed by atoms with van der Waals surface area (Å²) in [6.45, 7) is 2.67. The predicted octanol–water partition coefficient (Wildman–Crippen LogP) is 3.04. The summed E-state index contributed by atoms with van der Waals surface area (Å²) in [5.74, 6) is -0.359. The maximum absolute atomic E-state index is 12.9. The molecule has 6 nitrogen and oxygen atoms in total. The van der Waals surface area contributed by atoms with Crippen LogP contribution in [-0.2, 0) is 21.5 Å². The monoisotopic (exact) mass is 407 g/mol. The Labute approximate surface area is 164 Å². The van der Waals surface area contributed by atoms with Gasteiger partial charge in [0.2, 0.25) is 5.91 Å². The number of nitrogens with zero attached hydrogens (tertiary/aromatic N) is 2. The van der Waals surface area contributed by atoms with Gasteiger partial charge >= 0.3 is 0 Å². The first-order chi connectivity index (χ1) is 12.9. The highest BCUT2D eigenvalue weighted by atomic mass is 35.5. The highest BCUT2D eigenvalue weighted by molar-refractivity contribution is 7.86. The Morgan fingerprint density at radius 1 is 1.07 bits per heavy atom. The van der Waals surface area contributed by atoms with Gasteiger partial charge in [0.1, 0.15) is 0 Å². The van der Waals surface area contributed by atoms with Gasteiger partial charge in [-0.3, -0.25) is 4.79 Å². The van der Waals surface area contributed by atoms with E-state index in [-0.39, 0.29) is 19.0 Å². The van der Waals surface area contributed by atoms with Crippen LogP contribution in [0.25, 0.3) is 0 Å². The predicted molar refractivity (Wildman–Crippen MR) is 107 cm³/mol. The molecule has 0 saturated carbocycles. The Morgan fingerprint density at radius 2 is 1.74 bits per heavy atom. The van der Waals surface area contributed by atoms with Crippen molar-refractivity contribution in [2.45, 2.75) is 19.9 Å². The van der Waals surface area contributed by atoms with Gasteiger partial charge in [0.25, 0.3) is 10.2 Å². The van der Waals surface area contributed by atoms with E-state index >= 15 is 0 Å². The minimum atomic E-state index is -3.73. The van der Waals surface area contributed by atoms with Gasteiger partial charge in [-0.1, -0.05) is 47.5 Å². The van der Waals surface area contributed by atoms with Crippen LogP contribution in [-0.4, -0.2) is 42.6 Å². The van der Waals surface area contributed by atoms with E-state index in [9.17, 15) is 13.2 Å². The van der Waals surface area contributed by atoms with Crippen LogP contribution in [0.5, 0.6) is 0 Å². The molecule has 2 aromatic rings. The van der Waals surface area contributed by atoms with Gasteiger partial charge in [-0.05, 0) is 37.1 Å². The molecule has 0 unspecified atom stereocenters. The van der Waals surface area contributed by atoms with Crippen molar-refractivity contribution in [3.8, 4) is 0 Å². The molecular weight excluding hydrogens is 386 g/mol. The second-order valence-corrected chi connectivity index (χ2v) is 8.87. The van der Waals surface area contributed by atoms with Crippen molar-refractivity contribution < 1.29 is 13.2 Å². The molecule has 1 saturated heterocycles. The van der Waals surface area contributed by atoms with E-state index in [2.05, 4.69) is 5.32 Å². The molecule has 2 aromatic carbocycles. The number of rotatable bonds is 5. The Hall–Kier alpha value is -1.93. The molecule has 3 rings (SSSR count). The quantitative estimate of drug-likeness (QED) is 0.828. The number of halogens is 1. The molecule has 0 atom stereocenters. The fourth-order valence-electron chi connectivity index (χ4n) is 2.95. The molecule has 1 aliphatic heterocycles. The molecule has 0 aromatic heterocycles. The average molecular weight is 408 g/mol. The number of anilines is 1. The molecule has 1 amide bonds. The van der Waals surface area contributed by atoms with Gasteiger partial charge in [-0.15, -0.1) is 0 Å². The van der Waals surface area contributed by atoms with E-state index < -0.39 is 10.2 Å². The molecule has 0 radical (unpaired) electrons. The van der Waals surface area contributed by atoms with Crippen molar-refractivity contribution in [3.63, 3.8) is 0 Å². The SMILES string of the molecule is Cc1ccc(NC(=O)CN2CCCN(Cc3ccccc3Cl)S2(=O)=O)cc1. The van der Waals surface area contributed by atoms with Gasteiger partial charge in [-0.2, -0.15) is 17.0 Å². The summed E-state index contributed by atoms with van der Waals surface area (Å²) in [4.78, 5) is 12.3. The molecule has 1 aliphatic rings. The van der Waals surface area contributed by atoms with Crippen molar-refractivity contribution in [1.82, 2.24) is 8.61 Å². The number of carbonyl (C=O) groups excluding carboxylic acids is 1. The normalized spacial score (nSPS) is 17.6. The molecule has 8 heteroatoms. The Balaban J connectivity index is 1.67. The first-order valence-corrected chi connectivity index (χ1v) is 10.5. The number of hydrogen-bond donors (Lipinski definition) is 1. The fraction of sp³-hybridized carbons (Fsp3) is 0.316. The zero-order valence-electron chi connectivity index (χ0n) is 15.1. The lowest BCUT2D eigenvalue weighted by atomic mass is 10.2. The number of nitrogens with one attached hydrogen (secondary N) is 1. The molecule has 144 valence electrons. The summed E-state index contributed by atoms with van der Waals surface area (Å²) in [7, 11) is -3.73. The molecule has 0 spiro atoms.